The summed E-state index contributed by atoms with van der Waals surface area (Å²) in [5.74, 6) is 0.0112. The van der Waals surface area contributed by atoms with E-state index < -0.39 is 0 Å². The highest BCUT2D eigenvalue weighted by Crippen LogP contribution is 2.34. The number of ketones is 1. The lowest BCUT2D eigenvalue weighted by atomic mass is 10.1. The van der Waals surface area contributed by atoms with Crippen molar-refractivity contribution in [1.29, 1.82) is 0 Å². The molecule has 0 N–H and O–H groups in total. The second-order valence-electron chi connectivity index (χ2n) is 5.28. The fourth-order valence-corrected chi connectivity index (χ4v) is 4.37. The summed E-state index contributed by atoms with van der Waals surface area (Å²) < 4.78 is 1.78. The third-order valence-corrected chi connectivity index (χ3v) is 5.71. The van der Waals surface area contributed by atoms with Gasteiger partial charge in [0.05, 0.1) is 26.8 Å². The molecule has 0 atom stereocenters. The molecule has 0 radical (unpaired) electrons. The molecule has 0 amide bonds. The molecule has 2 heterocycles. The van der Waals surface area contributed by atoms with Crippen LogP contribution in [0.2, 0.25) is 0 Å². The molecule has 2 aromatic heterocycles. The molecule has 0 unspecified atom stereocenters. The molecule has 1 aromatic carbocycles. The zero-order chi connectivity index (χ0) is 16.6. The van der Waals surface area contributed by atoms with Crippen molar-refractivity contribution in [3.8, 4) is 0 Å². The first-order valence-electron chi connectivity index (χ1n) is 7.22. The topological polar surface area (TPSA) is 47.8 Å². The highest BCUT2D eigenvalue weighted by Gasteiger charge is 2.25. The van der Waals surface area contributed by atoms with Crippen LogP contribution in [0, 0.1) is 20.8 Å². The molecule has 0 aliphatic heterocycles. The average molecular weight is 343 g/mol. The van der Waals surface area contributed by atoms with Gasteiger partial charge in [-0.2, -0.15) is 5.10 Å². The van der Waals surface area contributed by atoms with E-state index in [1.807, 2.05) is 58.2 Å². The predicted octanol–water partition coefficient (Wildman–Crippen LogP) is 4.18. The Bertz CT molecular complexity index is 866. The maximum atomic E-state index is 13.0. The van der Waals surface area contributed by atoms with Crippen LogP contribution in [0.4, 0.5) is 0 Å². The van der Waals surface area contributed by atoms with Crippen molar-refractivity contribution in [2.75, 3.05) is 0 Å². The van der Waals surface area contributed by atoms with Crippen molar-refractivity contribution in [2.45, 2.75) is 30.7 Å². The first-order valence-corrected chi connectivity index (χ1v) is 8.86. The number of rotatable bonds is 4. The molecule has 0 fully saturated rings. The van der Waals surface area contributed by atoms with Gasteiger partial charge in [-0.05, 0) is 32.9 Å². The van der Waals surface area contributed by atoms with Crippen LogP contribution < -0.4 is 0 Å². The first-order chi connectivity index (χ1) is 11.0. The molecule has 0 bridgehead atoms. The van der Waals surface area contributed by atoms with Crippen molar-refractivity contribution >= 4 is 28.9 Å². The normalized spacial score (nSPS) is 11.0. The van der Waals surface area contributed by atoms with E-state index in [0.29, 0.717) is 10.4 Å². The van der Waals surface area contributed by atoms with Crippen LogP contribution in [0.25, 0.3) is 0 Å². The number of aryl methyl sites for hydroxylation is 4. The van der Waals surface area contributed by atoms with Gasteiger partial charge < -0.3 is 0 Å². The van der Waals surface area contributed by atoms with Crippen molar-refractivity contribution in [3.05, 3.63) is 57.2 Å². The third-order valence-electron chi connectivity index (χ3n) is 3.46. The van der Waals surface area contributed by atoms with Crippen LogP contribution >= 0.6 is 23.1 Å². The smallest absolute Gasteiger partial charge is 0.209 e. The van der Waals surface area contributed by atoms with E-state index in [0.717, 1.165) is 26.3 Å². The molecule has 0 saturated heterocycles. The lowest BCUT2D eigenvalue weighted by Gasteiger charge is -2.05. The van der Waals surface area contributed by atoms with Crippen LogP contribution in [0.5, 0.6) is 0 Å². The maximum absolute atomic E-state index is 13.0. The summed E-state index contributed by atoms with van der Waals surface area (Å²) >= 11 is 3.00. The number of hydrogen-bond donors (Lipinski definition) is 0. The van der Waals surface area contributed by atoms with Crippen molar-refractivity contribution in [3.63, 3.8) is 0 Å². The van der Waals surface area contributed by atoms with Crippen LogP contribution in [0.1, 0.15) is 31.6 Å². The van der Waals surface area contributed by atoms with Crippen LogP contribution in [-0.4, -0.2) is 20.5 Å². The molecule has 0 saturated carbocycles. The minimum absolute atomic E-state index is 0.0112. The summed E-state index contributed by atoms with van der Waals surface area (Å²) in [5, 5.41) is 6.22. The number of hydrogen-bond acceptors (Lipinski definition) is 5. The molecule has 0 spiro atoms. The zero-order valence-electron chi connectivity index (χ0n) is 13.5. The van der Waals surface area contributed by atoms with Gasteiger partial charge in [0, 0.05) is 11.9 Å². The molecule has 4 nitrogen and oxygen atoms in total. The number of benzene rings is 1. The van der Waals surface area contributed by atoms with Gasteiger partial charge in [-0.15, -0.1) is 11.3 Å². The third kappa shape index (κ3) is 3.09. The molecule has 23 heavy (non-hydrogen) atoms. The van der Waals surface area contributed by atoms with Crippen molar-refractivity contribution in [2.24, 2.45) is 7.05 Å². The van der Waals surface area contributed by atoms with Gasteiger partial charge in [0.25, 0.3) is 0 Å². The highest BCUT2D eigenvalue weighted by atomic mass is 32.2. The van der Waals surface area contributed by atoms with E-state index in [-0.39, 0.29) is 5.78 Å². The maximum Gasteiger partial charge on any atom is 0.209 e. The summed E-state index contributed by atoms with van der Waals surface area (Å²) in [5.41, 5.74) is 2.21. The van der Waals surface area contributed by atoms with Crippen LogP contribution in [0.3, 0.4) is 0 Å². The second-order valence-corrected chi connectivity index (χ2v) is 7.55. The zero-order valence-corrected chi connectivity index (χ0v) is 15.1. The summed E-state index contributed by atoms with van der Waals surface area (Å²) in [6, 6.07) is 10.0. The number of thiazole rings is 1. The summed E-state index contributed by atoms with van der Waals surface area (Å²) in [6.07, 6.45) is 0. The number of aromatic nitrogens is 3. The Labute approximate surface area is 143 Å². The minimum Gasteiger partial charge on any atom is -0.287 e. The molecule has 3 rings (SSSR count). The highest BCUT2D eigenvalue weighted by molar-refractivity contribution is 7.99. The molecule has 118 valence electrons. The van der Waals surface area contributed by atoms with Crippen molar-refractivity contribution in [1.82, 2.24) is 14.8 Å². The van der Waals surface area contributed by atoms with E-state index in [1.54, 1.807) is 16.4 Å². The number of carbonyl (C=O) groups excluding carboxylic acids is 1. The van der Waals surface area contributed by atoms with Crippen LogP contribution in [0.15, 0.2) is 40.3 Å². The van der Waals surface area contributed by atoms with E-state index in [9.17, 15) is 4.79 Å². The first kappa shape index (κ1) is 16.0. The van der Waals surface area contributed by atoms with Crippen LogP contribution in [-0.2, 0) is 7.05 Å². The average Bonchev–Trinajstić information content (AvgIpc) is 2.99. The van der Waals surface area contributed by atoms with Crippen molar-refractivity contribution < 1.29 is 4.79 Å². The van der Waals surface area contributed by atoms with Gasteiger partial charge in [0.2, 0.25) is 5.78 Å². The van der Waals surface area contributed by atoms with E-state index in [2.05, 4.69) is 10.1 Å². The minimum atomic E-state index is 0.0112. The molecular weight excluding hydrogens is 326 g/mol. The Kier molecular flexibility index (Phi) is 4.37. The summed E-state index contributed by atoms with van der Waals surface area (Å²) in [7, 11) is 1.87. The Morgan fingerprint density at radius 3 is 2.43 bits per heavy atom. The monoisotopic (exact) mass is 343 g/mol. The fraction of sp³-hybridized carbons (Fsp3) is 0.235. The quantitative estimate of drug-likeness (QED) is 0.667. The van der Waals surface area contributed by atoms with E-state index in [4.69, 9.17) is 0 Å². The fourth-order valence-electron chi connectivity index (χ4n) is 2.47. The number of carbonyl (C=O) groups is 1. The Morgan fingerprint density at radius 2 is 1.83 bits per heavy atom. The molecule has 0 aliphatic rings. The van der Waals surface area contributed by atoms with Gasteiger partial charge in [0.15, 0.2) is 0 Å². The van der Waals surface area contributed by atoms with Gasteiger partial charge in [-0.3, -0.25) is 9.48 Å². The number of nitrogens with zero attached hydrogens (tertiary/aromatic N) is 3. The van der Waals surface area contributed by atoms with Gasteiger partial charge >= 0.3 is 0 Å². The van der Waals surface area contributed by atoms with Gasteiger partial charge in [-0.1, -0.05) is 30.0 Å². The largest absolute Gasteiger partial charge is 0.287 e. The predicted molar refractivity (Wildman–Crippen MR) is 93.5 cm³/mol. The summed E-state index contributed by atoms with van der Waals surface area (Å²) in [4.78, 5) is 19.2. The Hall–Kier alpha value is -1.92. The van der Waals surface area contributed by atoms with Gasteiger partial charge in [-0.25, -0.2) is 4.98 Å². The van der Waals surface area contributed by atoms with Gasteiger partial charge in [0.1, 0.15) is 5.03 Å². The molecule has 6 heteroatoms. The second kappa shape index (κ2) is 6.29. The lowest BCUT2D eigenvalue weighted by molar-refractivity contribution is 0.103. The molecule has 0 aliphatic carbocycles. The molecular formula is C17H17N3OS2. The lowest BCUT2D eigenvalue weighted by Crippen LogP contribution is -2.04. The Balaban J connectivity index is 2.05. The summed E-state index contributed by atoms with van der Waals surface area (Å²) in [6.45, 7) is 5.68. The van der Waals surface area contributed by atoms with E-state index in [1.165, 1.54) is 11.3 Å². The SMILES string of the molecule is Cc1nc(C)c(C(=O)c2c(C)nn(C)c2Sc2ccccc2)s1. The standard InChI is InChI=1S/C17H17N3OS2/c1-10-14(15(21)16-11(2)18-12(3)22-16)17(20(4)19-10)23-13-8-6-5-7-9-13/h5-9H,1-4H3. The Morgan fingerprint density at radius 1 is 1.13 bits per heavy atom. The van der Waals surface area contributed by atoms with E-state index >= 15 is 0 Å². The molecule has 3 aromatic rings.